The molecule has 3 nitrogen and oxygen atoms in total. The summed E-state index contributed by atoms with van der Waals surface area (Å²) in [6, 6.07) is 7.94. The summed E-state index contributed by atoms with van der Waals surface area (Å²) in [7, 11) is 0. The SMILES string of the molecule is Clc1cccc(-c2cncn2CC2CCNC2)c1. The third-order valence-electron chi connectivity index (χ3n) is 3.45. The van der Waals surface area contributed by atoms with Crippen molar-refractivity contribution in [3.63, 3.8) is 0 Å². The minimum atomic E-state index is 0.706. The number of nitrogens with one attached hydrogen (secondary N) is 1. The summed E-state index contributed by atoms with van der Waals surface area (Å²) in [5.41, 5.74) is 2.27. The van der Waals surface area contributed by atoms with Gasteiger partial charge in [0.2, 0.25) is 0 Å². The van der Waals surface area contributed by atoms with Crippen LogP contribution in [0.2, 0.25) is 5.02 Å². The molecule has 0 amide bonds. The van der Waals surface area contributed by atoms with Crippen molar-refractivity contribution in [3.05, 3.63) is 41.8 Å². The Morgan fingerprint density at radius 3 is 3.17 bits per heavy atom. The molecule has 1 aromatic heterocycles. The summed E-state index contributed by atoms with van der Waals surface area (Å²) in [4.78, 5) is 4.27. The molecule has 2 aromatic rings. The molecule has 1 unspecified atom stereocenters. The molecule has 0 radical (unpaired) electrons. The number of aromatic nitrogens is 2. The van der Waals surface area contributed by atoms with E-state index in [2.05, 4.69) is 20.9 Å². The van der Waals surface area contributed by atoms with E-state index in [1.54, 1.807) is 0 Å². The summed E-state index contributed by atoms with van der Waals surface area (Å²) in [5.74, 6) is 0.706. The van der Waals surface area contributed by atoms with Gasteiger partial charge < -0.3 is 9.88 Å². The highest BCUT2D eigenvalue weighted by molar-refractivity contribution is 6.30. The van der Waals surface area contributed by atoms with Gasteiger partial charge in [-0.15, -0.1) is 0 Å². The minimum Gasteiger partial charge on any atom is -0.330 e. The zero-order valence-electron chi connectivity index (χ0n) is 10.1. The fraction of sp³-hybridized carbons (Fsp3) is 0.357. The molecule has 1 aliphatic rings. The van der Waals surface area contributed by atoms with E-state index in [1.807, 2.05) is 30.7 Å². The topological polar surface area (TPSA) is 29.9 Å². The Hall–Kier alpha value is -1.32. The zero-order valence-corrected chi connectivity index (χ0v) is 10.9. The van der Waals surface area contributed by atoms with E-state index in [9.17, 15) is 0 Å². The number of rotatable bonds is 3. The Kier molecular flexibility index (Phi) is 3.35. The molecule has 3 rings (SSSR count). The van der Waals surface area contributed by atoms with Gasteiger partial charge in [-0.05, 0) is 37.6 Å². The highest BCUT2D eigenvalue weighted by Crippen LogP contribution is 2.24. The van der Waals surface area contributed by atoms with Gasteiger partial charge in [-0.1, -0.05) is 23.7 Å². The molecule has 1 aliphatic heterocycles. The Morgan fingerprint density at radius 2 is 2.39 bits per heavy atom. The van der Waals surface area contributed by atoms with Gasteiger partial charge in [0, 0.05) is 17.1 Å². The maximum Gasteiger partial charge on any atom is 0.0951 e. The number of nitrogens with zero attached hydrogens (tertiary/aromatic N) is 2. The molecular weight excluding hydrogens is 246 g/mol. The second kappa shape index (κ2) is 5.12. The molecule has 0 bridgehead atoms. The maximum atomic E-state index is 6.04. The summed E-state index contributed by atoms with van der Waals surface area (Å²) in [6.07, 6.45) is 5.07. The van der Waals surface area contributed by atoms with Crippen molar-refractivity contribution < 1.29 is 0 Å². The molecule has 2 heterocycles. The lowest BCUT2D eigenvalue weighted by Gasteiger charge is -2.12. The average molecular weight is 262 g/mol. The van der Waals surface area contributed by atoms with E-state index < -0.39 is 0 Å². The second-order valence-corrected chi connectivity index (χ2v) is 5.24. The van der Waals surface area contributed by atoms with E-state index in [0.29, 0.717) is 5.92 Å². The molecule has 1 N–H and O–H groups in total. The molecule has 1 fully saturated rings. The quantitative estimate of drug-likeness (QED) is 0.921. The average Bonchev–Trinajstić information content (AvgIpc) is 3.01. The van der Waals surface area contributed by atoms with Crippen LogP contribution in [-0.2, 0) is 6.54 Å². The van der Waals surface area contributed by atoms with Gasteiger partial charge in [-0.3, -0.25) is 0 Å². The summed E-state index contributed by atoms with van der Waals surface area (Å²) in [5, 5.41) is 4.16. The van der Waals surface area contributed by atoms with Crippen LogP contribution in [0.5, 0.6) is 0 Å². The highest BCUT2D eigenvalue weighted by atomic mass is 35.5. The molecular formula is C14H16ClN3. The van der Waals surface area contributed by atoms with Crippen LogP contribution in [0, 0.1) is 5.92 Å². The van der Waals surface area contributed by atoms with Gasteiger partial charge in [0.25, 0.3) is 0 Å². The normalized spacial score (nSPS) is 19.3. The van der Waals surface area contributed by atoms with E-state index in [1.165, 1.54) is 6.42 Å². The monoisotopic (exact) mass is 261 g/mol. The number of imidazole rings is 1. The van der Waals surface area contributed by atoms with Crippen molar-refractivity contribution in [2.75, 3.05) is 13.1 Å². The molecule has 1 saturated heterocycles. The second-order valence-electron chi connectivity index (χ2n) is 4.80. The fourth-order valence-electron chi connectivity index (χ4n) is 2.50. The Morgan fingerprint density at radius 1 is 1.44 bits per heavy atom. The number of halogens is 1. The summed E-state index contributed by atoms with van der Waals surface area (Å²) >= 11 is 6.04. The zero-order chi connectivity index (χ0) is 12.4. The number of hydrogen-bond acceptors (Lipinski definition) is 2. The molecule has 1 aromatic carbocycles. The van der Waals surface area contributed by atoms with Gasteiger partial charge in [0.1, 0.15) is 0 Å². The molecule has 18 heavy (non-hydrogen) atoms. The van der Waals surface area contributed by atoms with Crippen molar-refractivity contribution in [1.82, 2.24) is 14.9 Å². The molecule has 1 atom stereocenters. The van der Waals surface area contributed by atoms with Crippen LogP contribution >= 0.6 is 11.6 Å². The Balaban J connectivity index is 1.86. The lowest BCUT2D eigenvalue weighted by atomic mass is 10.1. The maximum absolute atomic E-state index is 6.04. The first-order chi connectivity index (χ1) is 8.83. The van der Waals surface area contributed by atoms with E-state index in [-0.39, 0.29) is 0 Å². The largest absolute Gasteiger partial charge is 0.330 e. The highest BCUT2D eigenvalue weighted by Gasteiger charge is 2.16. The van der Waals surface area contributed by atoms with Crippen molar-refractivity contribution in [2.24, 2.45) is 5.92 Å². The third kappa shape index (κ3) is 2.42. The fourth-order valence-corrected chi connectivity index (χ4v) is 2.69. The first-order valence-electron chi connectivity index (χ1n) is 6.30. The van der Waals surface area contributed by atoms with Crippen LogP contribution < -0.4 is 5.32 Å². The first-order valence-corrected chi connectivity index (χ1v) is 6.67. The third-order valence-corrected chi connectivity index (χ3v) is 3.69. The summed E-state index contributed by atoms with van der Waals surface area (Å²) in [6.45, 7) is 3.26. The lowest BCUT2D eigenvalue weighted by Crippen LogP contribution is -2.14. The standard InChI is InChI=1S/C14H16ClN3/c15-13-3-1-2-12(6-13)14-8-17-10-18(14)9-11-4-5-16-7-11/h1-3,6,8,10-11,16H,4-5,7,9H2. The van der Waals surface area contributed by atoms with Gasteiger partial charge in [0.05, 0.1) is 18.2 Å². The lowest BCUT2D eigenvalue weighted by molar-refractivity contribution is 0.484. The molecule has 0 spiro atoms. The van der Waals surface area contributed by atoms with Crippen LogP contribution in [-0.4, -0.2) is 22.6 Å². The predicted molar refractivity (Wildman–Crippen MR) is 73.6 cm³/mol. The van der Waals surface area contributed by atoms with Crippen molar-refractivity contribution in [2.45, 2.75) is 13.0 Å². The van der Waals surface area contributed by atoms with Gasteiger partial charge in [-0.25, -0.2) is 4.98 Å². The van der Waals surface area contributed by atoms with Gasteiger partial charge in [0.15, 0.2) is 0 Å². The van der Waals surface area contributed by atoms with Crippen LogP contribution in [0.15, 0.2) is 36.8 Å². The Labute approximate surface area is 112 Å². The smallest absolute Gasteiger partial charge is 0.0951 e. The number of hydrogen-bond donors (Lipinski definition) is 1. The minimum absolute atomic E-state index is 0.706. The Bertz CT molecular complexity index is 529. The predicted octanol–water partition coefficient (Wildman–Crippen LogP) is 2.81. The molecule has 94 valence electrons. The van der Waals surface area contributed by atoms with Crippen LogP contribution in [0.3, 0.4) is 0 Å². The van der Waals surface area contributed by atoms with Crippen LogP contribution in [0.25, 0.3) is 11.3 Å². The number of benzene rings is 1. The molecule has 0 aliphatic carbocycles. The van der Waals surface area contributed by atoms with Gasteiger partial charge in [-0.2, -0.15) is 0 Å². The van der Waals surface area contributed by atoms with Crippen LogP contribution in [0.1, 0.15) is 6.42 Å². The first kappa shape index (κ1) is 11.8. The molecule has 0 saturated carbocycles. The van der Waals surface area contributed by atoms with E-state index >= 15 is 0 Å². The molecule has 4 heteroatoms. The summed E-state index contributed by atoms with van der Waals surface area (Å²) < 4.78 is 2.23. The van der Waals surface area contributed by atoms with Crippen molar-refractivity contribution in [1.29, 1.82) is 0 Å². The van der Waals surface area contributed by atoms with Crippen molar-refractivity contribution in [3.8, 4) is 11.3 Å². The van der Waals surface area contributed by atoms with E-state index in [4.69, 9.17) is 11.6 Å². The van der Waals surface area contributed by atoms with Gasteiger partial charge >= 0.3 is 0 Å². The van der Waals surface area contributed by atoms with Crippen LogP contribution in [0.4, 0.5) is 0 Å². The van der Waals surface area contributed by atoms with E-state index in [0.717, 1.165) is 35.9 Å². The van der Waals surface area contributed by atoms with Crippen molar-refractivity contribution >= 4 is 11.6 Å².